The molecular weight excluding hydrogens is 446 g/mol. The number of nitrogens with two attached hydrogens (primary N) is 1. The third kappa shape index (κ3) is 2.78. The fourth-order valence-corrected chi connectivity index (χ4v) is 6.23. The Balaban J connectivity index is 2.41. The van der Waals surface area contributed by atoms with Gasteiger partial charge in [0.05, 0.1) is 4.91 Å². The van der Waals surface area contributed by atoms with Gasteiger partial charge >= 0.3 is 0 Å². The fourth-order valence-electron chi connectivity index (χ4n) is 3.82. The first-order valence-corrected chi connectivity index (χ1v) is 12.2. The molecular formula is C16H13NO9S3. The van der Waals surface area contributed by atoms with Crippen LogP contribution in [0.25, 0.3) is 26.5 Å². The summed E-state index contributed by atoms with van der Waals surface area (Å²) >= 11 is 0. The van der Waals surface area contributed by atoms with Crippen LogP contribution in [0.1, 0.15) is 12.0 Å². The Bertz CT molecular complexity index is 1610. The van der Waals surface area contributed by atoms with Crippen LogP contribution in [0, 0.1) is 0 Å². The topological polar surface area (TPSA) is 189 Å². The first-order chi connectivity index (χ1) is 13.2. The third-order valence-corrected chi connectivity index (χ3v) is 8.29. The summed E-state index contributed by atoms with van der Waals surface area (Å²) in [5.74, 6) is 0. The lowest BCUT2D eigenvalue weighted by Gasteiger charge is -2.32. The molecule has 0 heterocycles. The van der Waals surface area contributed by atoms with E-state index in [1.807, 2.05) is 0 Å². The van der Waals surface area contributed by atoms with Crippen LogP contribution in [0.4, 0.5) is 0 Å². The average molecular weight is 459 g/mol. The Morgan fingerprint density at radius 2 is 1.41 bits per heavy atom. The maximum Gasteiger partial charge on any atom is 0.295 e. The summed E-state index contributed by atoms with van der Waals surface area (Å²) < 4.78 is 101. The largest absolute Gasteiger partial charge is 0.306 e. The van der Waals surface area contributed by atoms with Gasteiger partial charge in [-0.05, 0) is 33.0 Å². The molecule has 1 unspecified atom stereocenters. The second-order valence-electron chi connectivity index (χ2n) is 6.73. The molecule has 0 fully saturated rings. The molecule has 0 aromatic heterocycles. The standard InChI is InChI=1S/C16H13NO9S3/c17-16(29(24,25)26)7-13(28(21,22)23)10-4-3-9-12(27(18,19)20)6-2-8-1-5-11(16)15(10)14(8)9/h1-6H,7,17H2,(H,18,19,20)(H,21,22,23)(H,24,25,26). The van der Waals surface area contributed by atoms with Crippen molar-refractivity contribution in [2.75, 3.05) is 0 Å². The minimum Gasteiger partial charge on any atom is -0.306 e. The molecule has 1 atom stereocenters. The van der Waals surface area contributed by atoms with E-state index in [1.54, 1.807) is 0 Å². The summed E-state index contributed by atoms with van der Waals surface area (Å²) in [5.41, 5.74) is 5.77. The van der Waals surface area contributed by atoms with E-state index < -0.39 is 51.4 Å². The molecule has 3 aromatic carbocycles. The SMILES string of the molecule is NC1(S(=O)(=O)O)CC(S(=O)(=O)O)=c2ccc3c(S(=O)(=O)O)ccc4ccc1c2c43. The number of benzene rings is 3. The van der Waals surface area contributed by atoms with E-state index in [-0.39, 0.29) is 26.9 Å². The molecule has 0 aliphatic heterocycles. The maximum absolute atomic E-state index is 12.1. The molecule has 0 bridgehead atoms. The predicted molar refractivity (Wildman–Crippen MR) is 103 cm³/mol. The minimum absolute atomic E-state index is 0.0140. The zero-order valence-corrected chi connectivity index (χ0v) is 16.7. The molecule has 0 radical (unpaired) electrons. The summed E-state index contributed by atoms with van der Waals surface area (Å²) in [6, 6.07) is 7.60. The smallest absolute Gasteiger partial charge is 0.295 e. The van der Waals surface area contributed by atoms with E-state index in [9.17, 15) is 38.9 Å². The van der Waals surface area contributed by atoms with Crippen molar-refractivity contribution in [3.8, 4) is 0 Å². The lowest BCUT2D eigenvalue weighted by atomic mass is 9.87. The zero-order valence-electron chi connectivity index (χ0n) is 14.3. The van der Waals surface area contributed by atoms with Crippen molar-refractivity contribution in [1.82, 2.24) is 0 Å². The first kappa shape index (κ1) is 20.2. The van der Waals surface area contributed by atoms with Crippen LogP contribution in [0.5, 0.6) is 0 Å². The predicted octanol–water partition coefficient (Wildman–Crippen LogP) is 0.358. The summed E-state index contributed by atoms with van der Waals surface area (Å²) in [6.45, 7) is 0. The van der Waals surface area contributed by atoms with Gasteiger partial charge in [0, 0.05) is 11.8 Å². The molecule has 0 saturated heterocycles. The molecule has 10 nitrogen and oxygen atoms in total. The highest BCUT2D eigenvalue weighted by molar-refractivity contribution is 7.95. The lowest BCUT2D eigenvalue weighted by molar-refractivity contribution is 0.430. The Kier molecular flexibility index (Phi) is 3.98. The Morgan fingerprint density at radius 1 is 0.793 bits per heavy atom. The molecule has 4 rings (SSSR count). The van der Waals surface area contributed by atoms with Crippen molar-refractivity contribution < 1.29 is 38.9 Å². The van der Waals surface area contributed by atoms with E-state index in [4.69, 9.17) is 5.73 Å². The van der Waals surface area contributed by atoms with Crippen molar-refractivity contribution in [3.63, 3.8) is 0 Å². The molecule has 3 aromatic rings. The average Bonchev–Trinajstić information content (AvgIpc) is 2.57. The van der Waals surface area contributed by atoms with E-state index in [2.05, 4.69) is 0 Å². The molecule has 0 spiro atoms. The first-order valence-electron chi connectivity index (χ1n) is 7.89. The van der Waals surface area contributed by atoms with Crippen LogP contribution < -0.4 is 11.0 Å². The van der Waals surface area contributed by atoms with Crippen LogP contribution in [0.3, 0.4) is 0 Å². The monoisotopic (exact) mass is 459 g/mol. The van der Waals surface area contributed by atoms with E-state index in [0.717, 1.165) is 6.07 Å². The van der Waals surface area contributed by atoms with Crippen LogP contribution in [0.2, 0.25) is 0 Å². The lowest BCUT2D eigenvalue weighted by Crippen LogP contribution is -2.48. The number of rotatable bonds is 3. The molecule has 1 aliphatic rings. The van der Waals surface area contributed by atoms with Crippen molar-refractivity contribution in [2.45, 2.75) is 16.2 Å². The van der Waals surface area contributed by atoms with Gasteiger partial charge in [0.2, 0.25) is 0 Å². The van der Waals surface area contributed by atoms with Gasteiger partial charge in [0.1, 0.15) is 4.90 Å². The minimum atomic E-state index is -5.08. The Morgan fingerprint density at radius 3 is 1.97 bits per heavy atom. The molecule has 0 amide bonds. The van der Waals surface area contributed by atoms with Crippen molar-refractivity contribution in [2.24, 2.45) is 5.73 Å². The normalized spacial score (nSPS) is 20.5. The van der Waals surface area contributed by atoms with Crippen LogP contribution in [0.15, 0.2) is 41.3 Å². The molecule has 5 N–H and O–H groups in total. The maximum atomic E-state index is 12.1. The van der Waals surface area contributed by atoms with Gasteiger partial charge in [-0.2, -0.15) is 25.3 Å². The second-order valence-corrected chi connectivity index (χ2v) is 11.2. The Hall–Kier alpha value is -2.13. The van der Waals surface area contributed by atoms with Gasteiger partial charge in [-0.1, -0.05) is 30.3 Å². The van der Waals surface area contributed by atoms with Gasteiger partial charge in [-0.15, -0.1) is 0 Å². The third-order valence-electron chi connectivity index (χ3n) is 5.10. The summed E-state index contributed by atoms with van der Waals surface area (Å²) in [7, 11) is -14.7. The highest BCUT2D eigenvalue weighted by atomic mass is 32.2. The zero-order chi connectivity index (χ0) is 21.6. The van der Waals surface area contributed by atoms with Gasteiger partial charge < -0.3 is 5.73 Å². The molecule has 13 heteroatoms. The summed E-state index contributed by atoms with van der Waals surface area (Å²) in [6.07, 6.45) is -0.934. The van der Waals surface area contributed by atoms with Crippen molar-refractivity contribution in [1.29, 1.82) is 0 Å². The van der Waals surface area contributed by atoms with Crippen LogP contribution in [-0.4, -0.2) is 38.9 Å². The van der Waals surface area contributed by atoms with Gasteiger partial charge in [-0.25, -0.2) is 0 Å². The molecule has 1 aliphatic carbocycles. The molecule has 29 heavy (non-hydrogen) atoms. The second kappa shape index (κ2) is 5.72. The summed E-state index contributed by atoms with van der Waals surface area (Å²) in [5, 5.41) is 0.332. The van der Waals surface area contributed by atoms with Crippen molar-refractivity contribution >= 4 is 56.8 Å². The van der Waals surface area contributed by atoms with Gasteiger partial charge in [0.15, 0.2) is 4.87 Å². The number of hydrogen-bond acceptors (Lipinski definition) is 7. The highest BCUT2D eigenvalue weighted by Crippen LogP contribution is 2.42. The Labute approximate surface area is 164 Å². The van der Waals surface area contributed by atoms with Crippen LogP contribution >= 0.6 is 0 Å². The fraction of sp³-hybridized carbons (Fsp3) is 0.125. The van der Waals surface area contributed by atoms with Crippen LogP contribution in [-0.2, 0) is 35.2 Å². The summed E-state index contributed by atoms with van der Waals surface area (Å²) in [4.78, 5) is -3.83. The van der Waals surface area contributed by atoms with E-state index >= 15 is 0 Å². The molecule has 0 saturated carbocycles. The molecule has 154 valence electrons. The van der Waals surface area contributed by atoms with Gasteiger partial charge in [0.25, 0.3) is 30.4 Å². The van der Waals surface area contributed by atoms with E-state index in [1.165, 1.54) is 30.3 Å². The number of hydrogen-bond donors (Lipinski definition) is 4. The van der Waals surface area contributed by atoms with E-state index in [0.29, 0.717) is 5.39 Å². The van der Waals surface area contributed by atoms with Crippen molar-refractivity contribution in [3.05, 3.63) is 47.2 Å². The quantitative estimate of drug-likeness (QED) is 0.398. The van der Waals surface area contributed by atoms with Gasteiger partial charge in [-0.3, -0.25) is 13.7 Å². The highest BCUT2D eigenvalue weighted by Gasteiger charge is 2.47.